The van der Waals surface area contributed by atoms with Gasteiger partial charge in [-0.1, -0.05) is 48.0 Å². The van der Waals surface area contributed by atoms with Gasteiger partial charge in [0.25, 0.3) is 0 Å². The molecule has 86 valence electrons. The second kappa shape index (κ2) is 4.54. The summed E-state index contributed by atoms with van der Waals surface area (Å²) in [6.07, 6.45) is 3.75. The average molecular weight is 243 g/mol. The van der Waals surface area contributed by atoms with E-state index in [1.54, 1.807) is 0 Å². The van der Waals surface area contributed by atoms with Crippen LogP contribution in [0, 0.1) is 0 Å². The van der Waals surface area contributed by atoms with Crippen molar-refractivity contribution < 1.29 is 0 Å². The Hall–Kier alpha value is -1.27. The van der Waals surface area contributed by atoms with Gasteiger partial charge < -0.3 is 0 Å². The molecule has 0 saturated heterocycles. The molecule has 3 rings (SSSR count). The molecule has 1 unspecified atom stereocenters. The number of fused-ring (bicyclic) bond motifs is 1. The molecular weight excluding hydrogens is 228 g/mol. The minimum Gasteiger partial charge on any atom is -0.0843 e. The van der Waals surface area contributed by atoms with Gasteiger partial charge in [0.2, 0.25) is 0 Å². The van der Waals surface area contributed by atoms with Gasteiger partial charge in [0.15, 0.2) is 0 Å². The summed E-state index contributed by atoms with van der Waals surface area (Å²) in [5.41, 5.74) is 4.40. The van der Waals surface area contributed by atoms with E-state index in [9.17, 15) is 0 Å². The molecule has 0 heterocycles. The number of benzene rings is 2. The average Bonchev–Trinajstić information content (AvgIpc) is 2.39. The molecule has 17 heavy (non-hydrogen) atoms. The van der Waals surface area contributed by atoms with Gasteiger partial charge in [-0.25, -0.2) is 0 Å². The van der Waals surface area contributed by atoms with E-state index in [2.05, 4.69) is 36.4 Å². The first-order chi connectivity index (χ1) is 8.34. The molecule has 0 saturated carbocycles. The largest absolute Gasteiger partial charge is 0.0843 e. The Balaban J connectivity index is 2.03. The van der Waals surface area contributed by atoms with Crippen LogP contribution in [0.2, 0.25) is 5.02 Å². The van der Waals surface area contributed by atoms with Crippen LogP contribution in [0.5, 0.6) is 0 Å². The Labute approximate surface area is 107 Å². The van der Waals surface area contributed by atoms with Crippen molar-refractivity contribution in [3.8, 4) is 0 Å². The second-order valence-corrected chi connectivity index (χ2v) is 5.13. The van der Waals surface area contributed by atoms with Crippen molar-refractivity contribution in [2.24, 2.45) is 0 Å². The number of rotatable bonds is 1. The number of hydrogen-bond donors (Lipinski definition) is 0. The van der Waals surface area contributed by atoms with Crippen LogP contribution in [-0.2, 0) is 6.42 Å². The van der Waals surface area contributed by atoms with Gasteiger partial charge in [0.1, 0.15) is 0 Å². The molecule has 1 aliphatic carbocycles. The SMILES string of the molecule is Clc1ccc(C2CCCc3ccccc32)cc1. The van der Waals surface area contributed by atoms with E-state index in [1.807, 2.05) is 12.1 Å². The molecule has 0 bridgehead atoms. The van der Waals surface area contributed by atoms with Crippen LogP contribution < -0.4 is 0 Å². The van der Waals surface area contributed by atoms with Gasteiger partial charge in [0.05, 0.1) is 0 Å². The zero-order chi connectivity index (χ0) is 11.7. The number of halogens is 1. The molecule has 0 N–H and O–H groups in total. The Bertz CT molecular complexity index is 513. The minimum atomic E-state index is 0.553. The van der Waals surface area contributed by atoms with Gasteiger partial charge in [-0.2, -0.15) is 0 Å². The summed E-state index contributed by atoms with van der Waals surface area (Å²) in [5.74, 6) is 0.553. The molecule has 0 fully saturated rings. The maximum Gasteiger partial charge on any atom is 0.0406 e. The molecule has 0 aromatic heterocycles. The van der Waals surface area contributed by atoms with Crippen molar-refractivity contribution in [3.63, 3.8) is 0 Å². The van der Waals surface area contributed by atoms with Crippen molar-refractivity contribution >= 4 is 11.6 Å². The third kappa shape index (κ3) is 2.10. The minimum absolute atomic E-state index is 0.553. The van der Waals surface area contributed by atoms with Gasteiger partial charge in [-0.05, 0) is 48.1 Å². The van der Waals surface area contributed by atoms with Gasteiger partial charge in [-0.15, -0.1) is 0 Å². The topological polar surface area (TPSA) is 0 Å². The molecular formula is C16H15Cl. The second-order valence-electron chi connectivity index (χ2n) is 4.70. The first-order valence-electron chi connectivity index (χ1n) is 6.18. The summed E-state index contributed by atoms with van der Waals surface area (Å²) in [6.45, 7) is 0. The van der Waals surface area contributed by atoms with E-state index in [0.717, 1.165) is 5.02 Å². The lowest BCUT2D eigenvalue weighted by Gasteiger charge is -2.25. The first-order valence-corrected chi connectivity index (χ1v) is 6.55. The Morgan fingerprint density at radius 3 is 2.53 bits per heavy atom. The van der Waals surface area contributed by atoms with Crippen molar-refractivity contribution in [1.29, 1.82) is 0 Å². The molecule has 0 radical (unpaired) electrons. The summed E-state index contributed by atoms with van der Waals surface area (Å²) >= 11 is 5.95. The normalized spacial score (nSPS) is 18.8. The zero-order valence-electron chi connectivity index (χ0n) is 9.70. The third-order valence-electron chi connectivity index (χ3n) is 3.64. The fourth-order valence-electron chi connectivity index (χ4n) is 2.80. The van der Waals surface area contributed by atoms with Crippen LogP contribution in [0.25, 0.3) is 0 Å². The van der Waals surface area contributed by atoms with Gasteiger partial charge in [-0.3, -0.25) is 0 Å². The highest BCUT2D eigenvalue weighted by Gasteiger charge is 2.20. The molecule has 0 nitrogen and oxygen atoms in total. The van der Waals surface area contributed by atoms with E-state index in [0.29, 0.717) is 5.92 Å². The lowest BCUT2D eigenvalue weighted by atomic mass is 9.79. The van der Waals surface area contributed by atoms with E-state index < -0.39 is 0 Å². The lowest BCUT2D eigenvalue weighted by Crippen LogP contribution is -2.10. The van der Waals surface area contributed by atoms with Crippen molar-refractivity contribution in [1.82, 2.24) is 0 Å². The molecule has 1 atom stereocenters. The van der Waals surface area contributed by atoms with Gasteiger partial charge in [0, 0.05) is 10.9 Å². The summed E-state index contributed by atoms with van der Waals surface area (Å²) in [7, 11) is 0. The Morgan fingerprint density at radius 2 is 1.71 bits per heavy atom. The van der Waals surface area contributed by atoms with E-state index in [-0.39, 0.29) is 0 Å². The summed E-state index contributed by atoms with van der Waals surface area (Å²) in [4.78, 5) is 0. The van der Waals surface area contributed by atoms with Crippen molar-refractivity contribution in [2.75, 3.05) is 0 Å². The van der Waals surface area contributed by atoms with Crippen molar-refractivity contribution in [2.45, 2.75) is 25.2 Å². The third-order valence-corrected chi connectivity index (χ3v) is 3.89. The van der Waals surface area contributed by atoms with Crippen LogP contribution in [0.4, 0.5) is 0 Å². The summed E-state index contributed by atoms with van der Waals surface area (Å²) < 4.78 is 0. The van der Waals surface area contributed by atoms with Crippen LogP contribution in [0.15, 0.2) is 48.5 Å². The predicted molar refractivity (Wildman–Crippen MR) is 72.7 cm³/mol. The highest BCUT2D eigenvalue weighted by Crippen LogP contribution is 2.36. The maximum absolute atomic E-state index is 5.95. The van der Waals surface area contributed by atoms with E-state index >= 15 is 0 Å². The number of aryl methyl sites for hydroxylation is 1. The maximum atomic E-state index is 5.95. The Kier molecular flexibility index (Phi) is 2.90. The van der Waals surface area contributed by atoms with Crippen LogP contribution in [-0.4, -0.2) is 0 Å². The molecule has 0 amide bonds. The standard InChI is InChI=1S/C16H15Cl/c17-14-10-8-13(9-11-14)16-7-3-5-12-4-1-2-6-15(12)16/h1-2,4,6,8-11,16H,3,5,7H2. The predicted octanol–water partition coefficient (Wildman–Crippen LogP) is 4.81. The monoisotopic (exact) mass is 242 g/mol. The lowest BCUT2D eigenvalue weighted by molar-refractivity contribution is 0.616. The fraction of sp³-hybridized carbons (Fsp3) is 0.250. The highest BCUT2D eigenvalue weighted by atomic mass is 35.5. The van der Waals surface area contributed by atoms with Crippen molar-refractivity contribution in [3.05, 3.63) is 70.2 Å². The van der Waals surface area contributed by atoms with Crippen LogP contribution in [0.3, 0.4) is 0 Å². The molecule has 1 aliphatic rings. The molecule has 0 aliphatic heterocycles. The quantitative estimate of drug-likeness (QED) is 0.673. The Morgan fingerprint density at radius 1 is 0.941 bits per heavy atom. The molecule has 2 aromatic rings. The molecule has 1 heteroatoms. The molecule has 0 spiro atoms. The summed E-state index contributed by atoms with van der Waals surface area (Å²) in [5, 5.41) is 0.817. The molecule has 2 aromatic carbocycles. The smallest absolute Gasteiger partial charge is 0.0406 e. The highest BCUT2D eigenvalue weighted by molar-refractivity contribution is 6.30. The number of hydrogen-bond acceptors (Lipinski definition) is 0. The van der Waals surface area contributed by atoms with E-state index in [4.69, 9.17) is 11.6 Å². The van der Waals surface area contributed by atoms with Gasteiger partial charge >= 0.3 is 0 Å². The van der Waals surface area contributed by atoms with E-state index in [1.165, 1.54) is 36.0 Å². The fourth-order valence-corrected chi connectivity index (χ4v) is 2.92. The summed E-state index contributed by atoms with van der Waals surface area (Å²) in [6, 6.07) is 17.1. The first kappa shape index (κ1) is 10.9. The zero-order valence-corrected chi connectivity index (χ0v) is 10.5. The van der Waals surface area contributed by atoms with Crippen LogP contribution >= 0.6 is 11.6 Å². The van der Waals surface area contributed by atoms with Crippen LogP contribution in [0.1, 0.15) is 35.4 Å².